The van der Waals surface area contributed by atoms with E-state index in [1.54, 1.807) is 0 Å². The first-order valence-corrected chi connectivity index (χ1v) is 4.90. The average molecular weight is 220 g/mol. The van der Waals surface area contributed by atoms with Crippen LogP contribution < -0.4 is 0 Å². The summed E-state index contributed by atoms with van der Waals surface area (Å²) in [6.45, 7) is 1.52. The minimum absolute atomic E-state index is 0.658. The molecule has 1 amide bonds. The van der Waals surface area contributed by atoms with Crippen molar-refractivity contribution in [2.24, 2.45) is 17.8 Å². The zero-order chi connectivity index (χ0) is 8.01. The Morgan fingerprint density at radius 3 is 2.45 bits per heavy atom. The Bertz CT molecular complexity index is 185. The van der Waals surface area contributed by atoms with E-state index in [0.717, 1.165) is 24.3 Å². The van der Waals surface area contributed by atoms with E-state index in [1.165, 1.54) is 4.90 Å². The monoisotopic (exact) mass is 219 g/mol. The van der Waals surface area contributed by atoms with Gasteiger partial charge in [-0.2, -0.15) is 0 Å². The van der Waals surface area contributed by atoms with Crippen LogP contribution in [0.2, 0.25) is 0 Å². The standard InChI is InChI=1S/C7H10BrNO2/c8-1-4-5-2-9(7(10)11)3-6(4)5/h4-6H,1-3H2,(H,10,11). The summed E-state index contributed by atoms with van der Waals surface area (Å²) in [5, 5.41) is 9.66. The smallest absolute Gasteiger partial charge is 0.407 e. The van der Waals surface area contributed by atoms with Crippen molar-refractivity contribution < 1.29 is 9.90 Å². The number of hydrogen-bond acceptors (Lipinski definition) is 1. The van der Waals surface area contributed by atoms with Crippen LogP contribution in [0.1, 0.15) is 0 Å². The molecular weight excluding hydrogens is 210 g/mol. The van der Waals surface area contributed by atoms with Crippen LogP contribution >= 0.6 is 15.9 Å². The number of likely N-dealkylation sites (tertiary alicyclic amines) is 1. The molecular formula is C7H10BrNO2. The maximum Gasteiger partial charge on any atom is 0.407 e. The SMILES string of the molecule is O=C(O)N1CC2C(CBr)C2C1. The third kappa shape index (κ3) is 1.04. The summed E-state index contributed by atoms with van der Waals surface area (Å²) in [5.41, 5.74) is 0. The number of nitrogens with zero attached hydrogens (tertiary/aromatic N) is 1. The Hall–Kier alpha value is -0.250. The molecule has 2 fully saturated rings. The maximum absolute atomic E-state index is 10.5. The van der Waals surface area contributed by atoms with E-state index in [2.05, 4.69) is 15.9 Å². The maximum atomic E-state index is 10.5. The van der Waals surface area contributed by atoms with Crippen molar-refractivity contribution >= 4 is 22.0 Å². The van der Waals surface area contributed by atoms with Gasteiger partial charge in [-0.25, -0.2) is 4.79 Å². The van der Waals surface area contributed by atoms with Crippen molar-refractivity contribution in [3.05, 3.63) is 0 Å². The summed E-state index contributed by atoms with van der Waals surface area (Å²) in [7, 11) is 0. The van der Waals surface area contributed by atoms with E-state index in [-0.39, 0.29) is 0 Å². The number of rotatable bonds is 1. The molecule has 1 N–H and O–H groups in total. The molecule has 2 unspecified atom stereocenters. The second kappa shape index (κ2) is 2.37. The van der Waals surface area contributed by atoms with Crippen LogP contribution in [0.25, 0.3) is 0 Å². The van der Waals surface area contributed by atoms with Gasteiger partial charge in [0.2, 0.25) is 0 Å². The van der Waals surface area contributed by atoms with E-state index >= 15 is 0 Å². The second-order valence-electron chi connectivity index (χ2n) is 3.33. The number of halogens is 1. The number of alkyl halides is 1. The second-order valence-corrected chi connectivity index (χ2v) is 3.98. The van der Waals surface area contributed by atoms with E-state index in [9.17, 15) is 4.79 Å². The highest BCUT2D eigenvalue weighted by Crippen LogP contribution is 2.52. The molecule has 2 aliphatic rings. The summed E-state index contributed by atoms with van der Waals surface area (Å²) in [6.07, 6.45) is -0.759. The van der Waals surface area contributed by atoms with Gasteiger partial charge in [0.05, 0.1) is 0 Å². The third-order valence-corrected chi connectivity index (χ3v) is 3.57. The van der Waals surface area contributed by atoms with Crippen LogP contribution in [0.15, 0.2) is 0 Å². The van der Waals surface area contributed by atoms with Gasteiger partial charge in [0, 0.05) is 18.4 Å². The number of carbonyl (C=O) groups is 1. The molecule has 0 spiro atoms. The number of carboxylic acid groups (broad SMARTS) is 1. The minimum Gasteiger partial charge on any atom is -0.465 e. The summed E-state index contributed by atoms with van der Waals surface area (Å²) in [5.74, 6) is 2.07. The first-order chi connectivity index (χ1) is 5.24. The van der Waals surface area contributed by atoms with Crippen molar-refractivity contribution in [1.29, 1.82) is 0 Å². The molecule has 1 saturated carbocycles. The number of fused-ring (bicyclic) bond motifs is 1. The van der Waals surface area contributed by atoms with Gasteiger partial charge < -0.3 is 10.0 Å². The minimum atomic E-state index is -0.759. The molecule has 0 radical (unpaired) electrons. The Labute approximate surface area is 73.5 Å². The summed E-state index contributed by atoms with van der Waals surface area (Å²) >= 11 is 3.42. The van der Waals surface area contributed by atoms with Crippen LogP contribution in [-0.2, 0) is 0 Å². The first kappa shape index (κ1) is 7.40. The highest BCUT2D eigenvalue weighted by atomic mass is 79.9. The molecule has 0 aromatic heterocycles. The van der Waals surface area contributed by atoms with Crippen molar-refractivity contribution in [2.45, 2.75) is 0 Å². The van der Waals surface area contributed by atoms with Crippen LogP contribution in [-0.4, -0.2) is 34.5 Å². The molecule has 4 heteroatoms. The lowest BCUT2D eigenvalue weighted by Crippen LogP contribution is -2.29. The molecule has 1 saturated heterocycles. The number of amides is 1. The van der Waals surface area contributed by atoms with E-state index in [1.807, 2.05) is 0 Å². The van der Waals surface area contributed by atoms with Crippen molar-refractivity contribution in [3.8, 4) is 0 Å². The Balaban J connectivity index is 1.89. The van der Waals surface area contributed by atoms with Crippen molar-refractivity contribution in [2.75, 3.05) is 18.4 Å². The van der Waals surface area contributed by atoms with Crippen molar-refractivity contribution in [3.63, 3.8) is 0 Å². The summed E-state index contributed by atoms with van der Waals surface area (Å²) in [4.78, 5) is 12.0. The molecule has 3 nitrogen and oxygen atoms in total. The molecule has 62 valence electrons. The van der Waals surface area contributed by atoms with Crippen molar-refractivity contribution in [1.82, 2.24) is 4.90 Å². The van der Waals surface area contributed by atoms with E-state index < -0.39 is 6.09 Å². The third-order valence-electron chi connectivity index (χ3n) is 2.82. The highest BCUT2D eigenvalue weighted by molar-refractivity contribution is 9.09. The van der Waals surface area contributed by atoms with Gasteiger partial charge in [-0.15, -0.1) is 0 Å². The van der Waals surface area contributed by atoms with Gasteiger partial charge in [0.15, 0.2) is 0 Å². The lowest BCUT2D eigenvalue weighted by atomic mass is 10.3. The lowest BCUT2D eigenvalue weighted by molar-refractivity contribution is 0.149. The fourth-order valence-corrected chi connectivity index (χ4v) is 2.99. The van der Waals surface area contributed by atoms with E-state index in [0.29, 0.717) is 11.8 Å². The zero-order valence-corrected chi connectivity index (χ0v) is 7.62. The number of piperidine rings is 1. The Kier molecular flexibility index (Phi) is 1.59. The lowest BCUT2D eigenvalue weighted by Gasteiger charge is -2.14. The van der Waals surface area contributed by atoms with Crippen LogP contribution in [0, 0.1) is 17.8 Å². The van der Waals surface area contributed by atoms with Gasteiger partial charge in [-0.05, 0) is 17.8 Å². The molecule has 0 bridgehead atoms. The van der Waals surface area contributed by atoms with Gasteiger partial charge >= 0.3 is 6.09 Å². The molecule has 2 atom stereocenters. The molecule has 2 rings (SSSR count). The highest BCUT2D eigenvalue weighted by Gasteiger charge is 2.55. The Morgan fingerprint density at radius 1 is 1.55 bits per heavy atom. The summed E-state index contributed by atoms with van der Waals surface area (Å²) in [6, 6.07) is 0. The predicted octanol–water partition coefficient (Wildman–Crippen LogP) is 1.24. The predicted molar refractivity (Wildman–Crippen MR) is 43.9 cm³/mol. The molecule has 1 aliphatic heterocycles. The fourth-order valence-electron chi connectivity index (χ4n) is 2.03. The van der Waals surface area contributed by atoms with Crippen LogP contribution in [0.4, 0.5) is 4.79 Å². The molecule has 1 heterocycles. The van der Waals surface area contributed by atoms with Gasteiger partial charge in [-0.3, -0.25) is 0 Å². The van der Waals surface area contributed by atoms with Crippen LogP contribution in [0.5, 0.6) is 0 Å². The fraction of sp³-hybridized carbons (Fsp3) is 0.857. The molecule has 0 aromatic carbocycles. The number of hydrogen-bond donors (Lipinski definition) is 1. The summed E-state index contributed by atoms with van der Waals surface area (Å²) < 4.78 is 0. The van der Waals surface area contributed by atoms with Gasteiger partial charge in [-0.1, -0.05) is 15.9 Å². The quantitative estimate of drug-likeness (QED) is 0.675. The molecule has 1 aliphatic carbocycles. The van der Waals surface area contributed by atoms with E-state index in [4.69, 9.17) is 5.11 Å². The van der Waals surface area contributed by atoms with Crippen LogP contribution in [0.3, 0.4) is 0 Å². The largest absolute Gasteiger partial charge is 0.465 e. The normalized spacial score (nSPS) is 40.5. The topological polar surface area (TPSA) is 40.5 Å². The average Bonchev–Trinajstić information content (AvgIpc) is 2.41. The molecule has 0 aromatic rings. The van der Waals surface area contributed by atoms with Gasteiger partial charge in [0.1, 0.15) is 0 Å². The first-order valence-electron chi connectivity index (χ1n) is 3.78. The molecule has 11 heavy (non-hydrogen) atoms. The zero-order valence-electron chi connectivity index (χ0n) is 6.03. The van der Waals surface area contributed by atoms with Gasteiger partial charge in [0.25, 0.3) is 0 Å². The Morgan fingerprint density at radius 2 is 2.09 bits per heavy atom.